The van der Waals surface area contributed by atoms with Crippen LogP contribution in [-0.2, 0) is 21.2 Å². The smallest absolute Gasteiger partial charge is 0.247 e. The van der Waals surface area contributed by atoms with Crippen molar-refractivity contribution in [1.82, 2.24) is 14.6 Å². The lowest BCUT2D eigenvalue weighted by Gasteiger charge is -2.24. The predicted octanol–water partition coefficient (Wildman–Crippen LogP) is 1.98. The number of aromatic nitrogens is 1. The van der Waals surface area contributed by atoms with Gasteiger partial charge in [-0.1, -0.05) is 0 Å². The molecule has 1 atom stereocenters. The van der Waals surface area contributed by atoms with Crippen molar-refractivity contribution in [3.8, 4) is 11.5 Å². The first-order valence-corrected chi connectivity index (χ1v) is 11.6. The summed E-state index contributed by atoms with van der Waals surface area (Å²) in [6.07, 6.45) is 1.71. The van der Waals surface area contributed by atoms with E-state index in [4.69, 9.17) is 9.47 Å². The van der Waals surface area contributed by atoms with E-state index in [0.29, 0.717) is 31.6 Å². The van der Waals surface area contributed by atoms with Crippen LogP contribution >= 0.6 is 11.3 Å². The van der Waals surface area contributed by atoms with Crippen molar-refractivity contribution in [2.24, 2.45) is 0 Å². The second-order valence-corrected chi connectivity index (χ2v) is 9.61. The lowest BCUT2D eigenvalue weighted by atomic mass is 10.2. The molecule has 0 spiro atoms. The third-order valence-electron chi connectivity index (χ3n) is 4.81. The molecule has 1 saturated heterocycles. The zero-order valence-corrected chi connectivity index (χ0v) is 18.3. The number of carbonyl (C=O) groups is 1. The second-order valence-electron chi connectivity index (χ2n) is 6.69. The first kappa shape index (κ1) is 21.5. The van der Waals surface area contributed by atoms with E-state index in [0.717, 1.165) is 10.7 Å². The van der Waals surface area contributed by atoms with E-state index in [1.54, 1.807) is 23.5 Å². The minimum atomic E-state index is -3.93. The number of sulfonamides is 1. The SMILES string of the molecule is COc1ccc(OC)c(S(=O)(=O)N2CCCC2C(=O)NCCc2csc(C)n2)c1. The number of amides is 1. The summed E-state index contributed by atoms with van der Waals surface area (Å²) in [5.41, 5.74) is 0.921. The monoisotopic (exact) mass is 439 g/mol. The molecule has 1 amide bonds. The molecule has 3 rings (SSSR count). The maximum absolute atomic E-state index is 13.3. The molecule has 158 valence electrons. The fourth-order valence-corrected chi connectivity index (χ4v) is 5.83. The normalized spacial score (nSPS) is 17.3. The van der Waals surface area contributed by atoms with Crippen LogP contribution in [0.25, 0.3) is 0 Å². The van der Waals surface area contributed by atoms with Gasteiger partial charge in [0, 0.05) is 31.0 Å². The van der Waals surface area contributed by atoms with Gasteiger partial charge in [-0.2, -0.15) is 4.31 Å². The average Bonchev–Trinajstić information content (AvgIpc) is 3.37. The Balaban J connectivity index is 1.74. The summed E-state index contributed by atoms with van der Waals surface area (Å²) in [6, 6.07) is 3.86. The average molecular weight is 440 g/mol. The van der Waals surface area contributed by atoms with Crippen LogP contribution in [0.5, 0.6) is 11.5 Å². The van der Waals surface area contributed by atoms with E-state index in [1.165, 1.54) is 24.6 Å². The molecule has 0 saturated carbocycles. The number of thiazole rings is 1. The molecule has 0 bridgehead atoms. The molecule has 29 heavy (non-hydrogen) atoms. The Labute approximate surface area is 174 Å². The zero-order chi connectivity index (χ0) is 21.0. The number of rotatable bonds is 8. The Morgan fingerprint density at radius 2 is 2.14 bits per heavy atom. The van der Waals surface area contributed by atoms with Crippen LogP contribution in [0.3, 0.4) is 0 Å². The Morgan fingerprint density at radius 3 is 2.79 bits per heavy atom. The Kier molecular flexibility index (Phi) is 6.76. The first-order chi connectivity index (χ1) is 13.9. The fraction of sp³-hybridized carbons (Fsp3) is 0.474. The molecule has 1 aliphatic rings. The van der Waals surface area contributed by atoms with Gasteiger partial charge in [0.05, 0.1) is 24.9 Å². The van der Waals surface area contributed by atoms with Crippen molar-refractivity contribution in [3.63, 3.8) is 0 Å². The summed E-state index contributed by atoms with van der Waals surface area (Å²) in [4.78, 5) is 17.1. The molecule has 10 heteroatoms. The summed E-state index contributed by atoms with van der Waals surface area (Å²) in [6.45, 7) is 2.63. The molecule has 1 aromatic heterocycles. The molecular formula is C19H25N3O5S2. The lowest BCUT2D eigenvalue weighted by Crippen LogP contribution is -2.46. The van der Waals surface area contributed by atoms with E-state index >= 15 is 0 Å². The van der Waals surface area contributed by atoms with Gasteiger partial charge >= 0.3 is 0 Å². The van der Waals surface area contributed by atoms with Crippen LogP contribution in [0, 0.1) is 6.92 Å². The van der Waals surface area contributed by atoms with Gasteiger partial charge in [-0.15, -0.1) is 11.3 Å². The molecule has 0 radical (unpaired) electrons. The van der Waals surface area contributed by atoms with E-state index in [2.05, 4.69) is 10.3 Å². The number of aryl methyl sites for hydroxylation is 1. The summed E-state index contributed by atoms with van der Waals surface area (Å²) in [7, 11) is -1.05. The van der Waals surface area contributed by atoms with Gasteiger partial charge in [-0.25, -0.2) is 13.4 Å². The third kappa shape index (κ3) is 4.71. The lowest BCUT2D eigenvalue weighted by molar-refractivity contribution is -0.124. The topological polar surface area (TPSA) is 97.8 Å². The van der Waals surface area contributed by atoms with Gasteiger partial charge in [-0.3, -0.25) is 4.79 Å². The van der Waals surface area contributed by atoms with Crippen LogP contribution in [0.1, 0.15) is 23.5 Å². The summed E-state index contributed by atoms with van der Waals surface area (Å²) in [5.74, 6) is 0.332. The number of hydrogen-bond acceptors (Lipinski definition) is 7. The molecule has 2 aromatic rings. The van der Waals surface area contributed by atoms with Crippen LogP contribution in [-0.4, -0.2) is 57.0 Å². The number of hydrogen-bond donors (Lipinski definition) is 1. The van der Waals surface area contributed by atoms with Gasteiger partial charge in [0.1, 0.15) is 22.4 Å². The molecular weight excluding hydrogens is 414 g/mol. The highest BCUT2D eigenvalue weighted by atomic mass is 32.2. The van der Waals surface area contributed by atoms with Crippen molar-refractivity contribution in [1.29, 1.82) is 0 Å². The molecule has 2 heterocycles. The van der Waals surface area contributed by atoms with Crippen molar-refractivity contribution in [2.45, 2.75) is 37.1 Å². The van der Waals surface area contributed by atoms with Gasteiger partial charge < -0.3 is 14.8 Å². The third-order valence-corrected chi connectivity index (χ3v) is 7.56. The zero-order valence-electron chi connectivity index (χ0n) is 16.7. The summed E-state index contributed by atoms with van der Waals surface area (Å²) < 4.78 is 38.2. The number of nitrogens with zero attached hydrogens (tertiary/aromatic N) is 2. The van der Waals surface area contributed by atoms with Crippen LogP contribution in [0.2, 0.25) is 0 Å². The number of benzene rings is 1. The highest BCUT2D eigenvalue weighted by molar-refractivity contribution is 7.89. The molecule has 1 aromatic carbocycles. The van der Waals surface area contributed by atoms with Gasteiger partial charge in [0.25, 0.3) is 0 Å². The van der Waals surface area contributed by atoms with Crippen LogP contribution in [0.4, 0.5) is 0 Å². The number of methoxy groups -OCH3 is 2. The van der Waals surface area contributed by atoms with E-state index < -0.39 is 16.1 Å². The molecule has 1 fully saturated rings. The summed E-state index contributed by atoms with van der Waals surface area (Å²) in [5, 5.41) is 5.79. The number of nitrogens with one attached hydrogen (secondary N) is 1. The Hall–Kier alpha value is -2.17. The van der Waals surface area contributed by atoms with E-state index in [-0.39, 0.29) is 23.1 Å². The van der Waals surface area contributed by atoms with Crippen molar-refractivity contribution in [3.05, 3.63) is 34.3 Å². The summed E-state index contributed by atoms with van der Waals surface area (Å²) >= 11 is 1.56. The number of ether oxygens (including phenoxy) is 2. The maximum atomic E-state index is 13.3. The van der Waals surface area contributed by atoms with Crippen molar-refractivity contribution >= 4 is 27.3 Å². The first-order valence-electron chi connectivity index (χ1n) is 9.29. The van der Waals surface area contributed by atoms with Gasteiger partial charge in [0.15, 0.2) is 0 Å². The second kappa shape index (κ2) is 9.10. The number of carbonyl (C=O) groups excluding carboxylic acids is 1. The maximum Gasteiger partial charge on any atom is 0.247 e. The Bertz CT molecular complexity index is 974. The standard InChI is InChI=1S/C19H25N3O5S2/c1-13-21-14(12-28-13)8-9-20-19(23)16-5-4-10-22(16)29(24,25)18-11-15(26-2)6-7-17(18)27-3/h6-7,11-12,16H,4-5,8-10H2,1-3H3,(H,20,23). The largest absolute Gasteiger partial charge is 0.497 e. The predicted molar refractivity (Wildman–Crippen MR) is 110 cm³/mol. The highest BCUT2D eigenvalue weighted by Gasteiger charge is 2.40. The fourth-order valence-electron chi connectivity index (χ4n) is 3.36. The molecule has 0 aliphatic carbocycles. The van der Waals surface area contributed by atoms with E-state index in [1.807, 2.05) is 12.3 Å². The van der Waals surface area contributed by atoms with Crippen LogP contribution < -0.4 is 14.8 Å². The molecule has 1 unspecified atom stereocenters. The Morgan fingerprint density at radius 1 is 1.34 bits per heavy atom. The van der Waals surface area contributed by atoms with E-state index in [9.17, 15) is 13.2 Å². The van der Waals surface area contributed by atoms with Crippen LogP contribution in [0.15, 0.2) is 28.5 Å². The van der Waals surface area contributed by atoms with Gasteiger partial charge in [-0.05, 0) is 31.9 Å². The minimum Gasteiger partial charge on any atom is -0.497 e. The molecule has 8 nitrogen and oxygen atoms in total. The van der Waals surface area contributed by atoms with Gasteiger partial charge in [0.2, 0.25) is 15.9 Å². The van der Waals surface area contributed by atoms with Crippen molar-refractivity contribution in [2.75, 3.05) is 27.3 Å². The quantitative estimate of drug-likeness (QED) is 0.675. The van der Waals surface area contributed by atoms with Crippen molar-refractivity contribution < 1.29 is 22.7 Å². The highest BCUT2D eigenvalue weighted by Crippen LogP contribution is 2.34. The minimum absolute atomic E-state index is 0.00278. The molecule has 1 aliphatic heterocycles. The molecule has 1 N–H and O–H groups in total.